The number of imide groups is 1. The molecule has 6 nitrogen and oxygen atoms in total. The first kappa shape index (κ1) is 19.5. The second-order valence-corrected chi connectivity index (χ2v) is 9.89. The molecule has 2 unspecified atom stereocenters. The standard InChI is InChI=1S/C26H27N3O3/c1-26(16-10-11-16)24(31)29(25(32)28-26)14-22(30)27-13-15-12-21-17-6-2-4-8-19(17)23(15)20-9-5-3-7-18(20)21/h2-9,15-16,21,23H,10-14H2,1H3,(H,27,30)(H,28,32). The third kappa shape index (κ3) is 2.81. The number of carbonyl (C=O) groups excluding carboxylic acids is 3. The molecule has 4 amide bonds. The second kappa shape index (κ2) is 6.92. The van der Waals surface area contributed by atoms with Crippen LogP contribution in [-0.4, -0.2) is 41.4 Å². The number of carbonyl (C=O) groups is 3. The van der Waals surface area contributed by atoms with E-state index in [4.69, 9.17) is 0 Å². The van der Waals surface area contributed by atoms with Gasteiger partial charge in [-0.1, -0.05) is 48.5 Å². The molecule has 2 fully saturated rings. The van der Waals surface area contributed by atoms with Crippen LogP contribution >= 0.6 is 0 Å². The number of nitrogens with zero attached hydrogens (tertiary/aromatic N) is 1. The molecule has 1 aliphatic heterocycles. The molecule has 0 spiro atoms. The number of fused-ring (bicyclic) bond motifs is 1. The normalized spacial score (nSPS) is 30.0. The van der Waals surface area contributed by atoms with Gasteiger partial charge in [-0.2, -0.15) is 0 Å². The Morgan fingerprint density at radius 3 is 2.22 bits per heavy atom. The van der Waals surface area contributed by atoms with Crippen molar-refractivity contribution in [2.24, 2.45) is 11.8 Å². The van der Waals surface area contributed by atoms with Gasteiger partial charge in [0.25, 0.3) is 5.91 Å². The summed E-state index contributed by atoms with van der Waals surface area (Å²) >= 11 is 0. The fraction of sp³-hybridized carbons (Fsp3) is 0.423. The largest absolute Gasteiger partial charge is 0.354 e. The Labute approximate surface area is 187 Å². The van der Waals surface area contributed by atoms with E-state index in [9.17, 15) is 14.4 Å². The highest BCUT2D eigenvalue weighted by Gasteiger charge is 2.56. The molecule has 2 aromatic carbocycles. The summed E-state index contributed by atoms with van der Waals surface area (Å²) in [6.07, 6.45) is 2.87. The van der Waals surface area contributed by atoms with Crippen LogP contribution in [0.4, 0.5) is 4.79 Å². The summed E-state index contributed by atoms with van der Waals surface area (Å²) in [5.74, 6) is 0.511. The monoisotopic (exact) mass is 429 g/mol. The van der Waals surface area contributed by atoms with Crippen molar-refractivity contribution in [2.75, 3.05) is 13.1 Å². The third-order valence-corrected chi connectivity index (χ3v) is 7.98. The minimum atomic E-state index is -0.854. The highest BCUT2D eigenvalue weighted by molar-refractivity contribution is 6.09. The lowest BCUT2D eigenvalue weighted by Gasteiger charge is -2.45. The van der Waals surface area contributed by atoms with Crippen LogP contribution in [-0.2, 0) is 9.59 Å². The van der Waals surface area contributed by atoms with E-state index in [1.54, 1.807) is 6.92 Å². The smallest absolute Gasteiger partial charge is 0.325 e. The third-order valence-electron chi connectivity index (χ3n) is 7.98. The molecule has 7 rings (SSSR count). The van der Waals surface area contributed by atoms with Gasteiger partial charge in [0.05, 0.1) is 0 Å². The average molecular weight is 430 g/mol. The van der Waals surface area contributed by atoms with Gasteiger partial charge in [-0.05, 0) is 60.3 Å². The molecule has 2 bridgehead atoms. The van der Waals surface area contributed by atoms with Crippen molar-refractivity contribution in [3.8, 4) is 0 Å². The van der Waals surface area contributed by atoms with Crippen LogP contribution in [0.25, 0.3) is 0 Å². The summed E-state index contributed by atoms with van der Waals surface area (Å²) in [5.41, 5.74) is 4.66. The zero-order valence-corrected chi connectivity index (χ0v) is 18.1. The van der Waals surface area contributed by atoms with Crippen molar-refractivity contribution in [3.63, 3.8) is 0 Å². The van der Waals surface area contributed by atoms with Gasteiger partial charge in [0.15, 0.2) is 0 Å². The summed E-state index contributed by atoms with van der Waals surface area (Å²) < 4.78 is 0. The van der Waals surface area contributed by atoms with Crippen molar-refractivity contribution >= 4 is 17.8 Å². The first-order valence-electron chi connectivity index (χ1n) is 11.6. The number of hydrogen-bond donors (Lipinski definition) is 2. The fourth-order valence-corrected chi connectivity index (χ4v) is 6.20. The van der Waals surface area contributed by atoms with Crippen LogP contribution in [0.1, 0.15) is 60.3 Å². The van der Waals surface area contributed by atoms with E-state index in [0.717, 1.165) is 24.2 Å². The van der Waals surface area contributed by atoms with Crippen molar-refractivity contribution in [1.29, 1.82) is 0 Å². The molecule has 164 valence electrons. The summed E-state index contributed by atoms with van der Waals surface area (Å²) in [6.45, 7) is 2.09. The summed E-state index contributed by atoms with van der Waals surface area (Å²) in [7, 11) is 0. The van der Waals surface area contributed by atoms with Gasteiger partial charge in [-0.3, -0.25) is 14.5 Å². The lowest BCUT2D eigenvalue weighted by Crippen LogP contribution is -2.47. The van der Waals surface area contributed by atoms with Crippen LogP contribution in [0.2, 0.25) is 0 Å². The maximum Gasteiger partial charge on any atom is 0.325 e. The Hall–Kier alpha value is -3.15. The maximum absolute atomic E-state index is 12.8. The number of urea groups is 1. The summed E-state index contributed by atoms with van der Waals surface area (Å²) in [5, 5.41) is 5.83. The number of benzene rings is 2. The van der Waals surface area contributed by atoms with E-state index < -0.39 is 11.6 Å². The number of amides is 4. The molecule has 4 aliphatic carbocycles. The first-order valence-corrected chi connectivity index (χ1v) is 11.6. The van der Waals surface area contributed by atoms with Crippen molar-refractivity contribution in [2.45, 2.75) is 43.6 Å². The Balaban J connectivity index is 1.17. The highest BCUT2D eigenvalue weighted by Crippen LogP contribution is 2.55. The molecule has 2 aromatic rings. The quantitative estimate of drug-likeness (QED) is 0.717. The van der Waals surface area contributed by atoms with Gasteiger partial charge in [-0.25, -0.2) is 4.79 Å². The Morgan fingerprint density at radius 2 is 1.62 bits per heavy atom. The zero-order valence-electron chi connectivity index (χ0n) is 18.1. The van der Waals surface area contributed by atoms with Crippen LogP contribution in [0.15, 0.2) is 48.5 Å². The SMILES string of the molecule is CC1(C2CC2)NC(=O)N(CC(=O)NCC2CC3c4ccccc4C2c2ccccc23)C1=O. The van der Waals surface area contributed by atoms with Crippen molar-refractivity contribution in [3.05, 3.63) is 70.8 Å². The second-order valence-electron chi connectivity index (χ2n) is 9.89. The summed E-state index contributed by atoms with van der Waals surface area (Å²) in [4.78, 5) is 39.0. The number of nitrogens with one attached hydrogen (secondary N) is 2. The maximum atomic E-state index is 12.8. The topological polar surface area (TPSA) is 78.5 Å². The lowest BCUT2D eigenvalue weighted by atomic mass is 9.59. The van der Waals surface area contributed by atoms with Crippen LogP contribution in [0.3, 0.4) is 0 Å². The van der Waals surface area contributed by atoms with E-state index in [2.05, 4.69) is 59.2 Å². The van der Waals surface area contributed by atoms with Gasteiger partial charge >= 0.3 is 6.03 Å². The predicted octanol–water partition coefficient (Wildman–Crippen LogP) is 3.12. The first-order chi connectivity index (χ1) is 15.5. The Kier molecular flexibility index (Phi) is 4.23. The predicted molar refractivity (Wildman–Crippen MR) is 119 cm³/mol. The van der Waals surface area contributed by atoms with E-state index >= 15 is 0 Å². The van der Waals surface area contributed by atoms with Crippen molar-refractivity contribution in [1.82, 2.24) is 15.5 Å². The van der Waals surface area contributed by atoms with E-state index in [1.807, 2.05) is 0 Å². The zero-order chi connectivity index (χ0) is 22.0. The van der Waals surface area contributed by atoms with E-state index in [-0.39, 0.29) is 36.1 Å². The molecule has 0 radical (unpaired) electrons. The van der Waals surface area contributed by atoms with Gasteiger partial charge in [0.1, 0.15) is 12.1 Å². The molecule has 5 aliphatic rings. The number of hydrogen-bond acceptors (Lipinski definition) is 3. The van der Waals surface area contributed by atoms with Gasteiger partial charge in [-0.15, -0.1) is 0 Å². The van der Waals surface area contributed by atoms with Gasteiger partial charge in [0.2, 0.25) is 5.91 Å². The molecule has 2 atom stereocenters. The fourth-order valence-electron chi connectivity index (χ4n) is 6.20. The van der Waals surface area contributed by atoms with Crippen molar-refractivity contribution < 1.29 is 14.4 Å². The van der Waals surface area contributed by atoms with E-state index in [1.165, 1.54) is 22.3 Å². The molecule has 1 saturated heterocycles. The molecule has 2 N–H and O–H groups in total. The van der Waals surface area contributed by atoms with Crippen LogP contribution in [0.5, 0.6) is 0 Å². The molecule has 32 heavy (non-hydrogen) atoms. The van der Waals surface area contributed by atoms with Gasteiger partial charge in [0, 0.05) is 18.4 Å². The van der Waals surface area contributed by atoms with Crippen LogP contribution < -0.4 is 10.6 Å². The Morgan fingerprint density at radius 1 is 1.03 bits per heavy atom. The number of rotatable bonds is 5. The minimum absolute atomic E-state index is 0.185. The lowest BCUT2D eigenvalue weighted by molar-refractivity contribution is -0.135. The molecular formula is C26H27N3O3. The average Bonchev–Trinajstić information content (AvgIpc) is 3.64. The summed E-state index contributed by atoms with van der Waals surface area (Å²) in [6, 6.07) is 16.8. The molecule has 1 heterocycles. The molecule has 0 aromatic heterocycles. The van der Waals surface area contributed by atoms with Gasteiger partial charge < -0.3 is 10.6 Å². The molecule has 6 heteroatoms. The highest BCUT2D eigenvalue weighted by atomic mass is 16.2. The molecular weight excluding hydrogens is 402 g/mol. The van der Waals surface area contributed by atoms with E-state index in [0.29, 0.717) is 12.5 Å². The van der Waals surface area contributed by atoms with Crippen LogP contribution in [0, 0.1) is 11.8 Å². The minimum Gasteiger partial charge on any atom is -0.354 e. The molecule has 1 saturated carbocycles. The Bertz CT molecular complexity index is 1090.